The number of rotatable bonds is 6. The van der Waals surface area contributed by atoms with Crippen molar-refractivity contribution in [2.24, 2.45) is 0 Å². The van der Waals surface area contributed by atoms with E-state index in [0.29, 0.717) is 12.4 Å². The van der Waals surface area contributed by atoms with Crippen molar-refractivity contribution >= 4 is 13.2 Å². The smallest absolute Gasteiger partial charge is 0.161 e. The Kier molecular flexibility index (Phi) is 5.44. The van der Waals surface area contributed by atoms with Crippen molar-refractivity contribution in [3.8, 4) is 11.5 Å². The van der Waals surface area contributed by atoms with Crippen LogP contribution in [0.15, 0.2) is 12.1 Å². The molecular weight excluding hydrogens is 254 g/mol. The van der Waals surface area contributed by atoms with Gasteiger partial charge >= 0.3 is 0 Å². The van der Waals surface area contributed by atoms with Crippen LogP contribution in [0.5, 0.6) is 11.5 Å². The monoisotopic (exact) mass is 277 g/mol. The molecule has 110 valence electrons. The number of hydrogen-bond acceptors (Lipinski definition) is 4. The van der Waals surface area contributed by atoms with Crippen LogP contribution in [0.3, 0.4) is 0 Å². The highest BCUT2D eigenvalue weighted by Gasteiger charge is 2.10. The average molecular weight is 277 g/mol. The van der Waals surface area contributed by atoms with Gasteiger partial charge in [-0.2, -0.15) is 0 Å². The van der Waals surface area contributed by atoms with Crippen LogP contribution in [0.25, 0.3) is 13.2 Å². The van der Waals surface area contributed by atoms with Crippen LogP contribution in [-0.2, 0) is 4.74 Å². The first-order valence-corrected chi connectivity index (χ1v) is 6.99. The Morgan fingerprint density at radius 3 is 2.45 bits per heavy atom. The molecule has 1 aliphatic heterocycles. The van der Waals surface area contributed by atoms with Gasteiger partial charge in [0, 0.05) is 19.6 Å². The second-order valence-electron chi connectivity index (χ2n) is 4.93. The summed E-state index contributed by atoms with van der Waals surface area (Å²) < 4.78 is 16.4. The SMILES string of the molecule is C=c1cc(OC)c(OCCCN2CCOCC2)cc1=C. The molecule has 2 rings (SSSR count). The second-order valence-corrected chi connectivity index (χ2v) is 4.93. The third kappa shape index (κ3) is 3.99. The summed E-state index contributed by atoms with van der Waals surface area (Å²) in [5.41, 5.74) is 0. The third-order valence-electron chi connectivity index (χ3n) is 3.47. The van der Waals surface area contributed by atoms with Crippen LogP contribution in [0.4, 0.5) is 0 Å². The summed E-state index contributed by atoms with van der Waals surface area (Å²) in [6.45, 7) is 13.3. The molecule has 1 fully saturated rings. The Bertz CT molecular complexity index is 523. The van der Waals surface area contributed by atoms with E-state index in [1.165, 1.54) is 0 Å². The van der Waals surface area contributed by atoms with Crippen molar-refractivity contribution in [3.05, 3.63) is 22.6 Å². The fourth-order valence-corrected chi connectivity index (χ4v) is 2.21. The zero-order valence-electron chi connectivity index (χ0n) is 12.2. The lowest BCUT2D eigenvalue weighted by atomic mass is 10.2. The molecule has 20 heavy (non-hydrogen) atoms. The van der Waals surface area contributed by atoms with Crippen molar-refractivity contribution in [3.63, 3.8) is 0 Å². The Hall–Kier alpha value is -1.52. The molecule has 1 heterocycles. The number of hydrogen-bond donors (Lipinski definition) is 0. The summed E-state index contributed by atoms with van der Waals surface area (Å²) in [6, 6.07) is 3.75. The molecule has 1 aliphatic rings. The van der Waals surface area contributed by atoms with E-state index in [-0.39, 0.29) is 0 Å². The Labute approximate surface area is 120 Å². The largest absolute Gasteiger partial charge is 0.493 e. The molecular formula is C16H23NO3. The Morgan fingerprint density at radius 1 is 1.15 bits per heavy atom. The fraction of sp³-hybridized carbons (Fsp3) is 0.500. The number of morpholine rings is 1. The van der Waals surface area contributed by atoms with Gasteiger partial charge in [-0.3, -0.25) is 4.90 Å². The van der Waals surface area contributed by atoms with Crippen molar-refractivity contribution in [2.75, 3.05) is 46.6 Å². The Balaban J connectivity index is 1.82. The molecule has 1 aromatic carbocycles. The van der Waals surface area contributed by atoms with E-state index >= 15 is 0 Å². The maximum atomic E-state index is 5.80. The molecule has 0 aromatic heterocycles. The van der Waals surface area contributed by atoms with Crippen LogP contribution in [0, 0.1) is 0 Å². The van der Waals surface area contributed by atoms with Crippen molar-refractivity contribution in [2.45, 2.75) is 6.42 Å². The molecule has 1 aromatic rings. The first kappa shape index (κ1) is 14.9. The molecule has 0 spiro atoms. The van der Waals surface area contributed by atoms with Gasteiger partial charge in [0.2, 0.25) is 0 Å². The number of methoxy groups -OCH3 is 1. The molecule has 0 unspecified atom stereocenters. The van der Waals surface area contributed by atoms with Crippen LogP contribution < -0.4 is 19.9 Å². The molecule has 1 saturated heterocycles. The van der Waals surface area contributed by atoms with E-state index < -0.39 is 0 Å². The van der Waals surface area contributed by atoms with Gasteiger partial charge in [-0.1, -0.05) is 13.2 Å². The predicted molar refractivity (Wildman–Crippen MR) is 80.7 cm³/mol. The van der Waals surface area contributed by atoms with Crippen LogP contribution in [0.1, 0.15) is 6.42 Å². The minimum atomic E-state index is 0.670. The molecule has 0 atom stereocenters. The van der Waals surface area contributed by atoms with Gasteiger partial charge < -0.3 is 14.2 Å². The van der Waals surface area contributed by atoms with Gasteiger partial charge in [-0.15, -0.1) is 0 Å². The van der Waals surface area contributed by atoms with Gasteiger partial charge in [0.1, 0.15) is 0 Å². The normalized spacial score (nSPS) is 16.1. The minimum absolute atomic E-state index is 0.670. The fourth-order valence-electron chi connectivity index (χ4n) is 2.21. The summed E-state index contributed by atoms with van der Waals surface area (Å²) in [4.78, 5) is 2.40. The summed E-state index contributed by atoms with van der Waals surface area (Å²) in [5.74, 6) is 1.46. The summed E-state index contributed by atoms with van der Waals surface area (Å²) in [6.07, 6.45) is 0.988. The van der Waals surface area contributed by atoms with Gasteiger partial charge in [0.25, 0.3) is 0 Å². The van der Waals surface area contributed by atoms with Crippen LogP contribution in [-0.4, -0.2) is 51.5 Å². The highest BCUT2D eigenvalue weighted by Crippen LogP contribution is 2.22. The van der Waals surface area contributed by atoms with E-state index in [1.807, 2.05) is 12.1 Å². The first-order valence-electron chi connectivity index (χ1n) is 6.99. The number of ether oxygens (including phenoxy) is 3. The molecule has 0 radical (unpaired) electrons. The van der Waals surface area contributed by atoms with Crippen molar-refractivity contribution < 1.29 is 14.2 Å². The minimum Gasteiger partial charge on any atom is -0.493 e. The second kappa shape index (κ2) is 7.31. The molecule has 0 amide bonds. The highest BCUT2D eigenvalue weighted by molar-refractivity contribution is 5.41. The quantitative estimate of drug-likeness (QED) is 0.713. The van der Waals surface area contributed by atoms with E-state index in [1.54, 1.807) is 7.11 Å². The van der Waals surface area contributed by atoms with E-state index in [4.69, 9.17) is 14.2 Å². The first-order chi connectivity index (χ1) is 9.70. The standard InChI is InChI=1S/C16H23NO3/c1-13-11-15(18-3)16(12-14(13)2)20-8-4-5-17-6-9-19-10-7-17/h11-12H,1-2,4-10H2,3H3. The number of benzene rings is 1. The lowest BCUT2D eigenvalue weighted by Crippen LogP contribution is -2.37. The molecule has 0 saturated carbocycles. The number of nitrogens with zero attached hydrogens (tertiary/aromatic N) is 1. The maximum absolute atomic E-state index is 5.80. The lowest BCUT2D eigenvalue weighted by Gasteiger charge is -2.26. The average Bonchev–Trinajstić information content (AvgIpc) is 2.48. The molecule has 0 bridgehead atoms. The van der Waals surface area contributed by atoms with Crippen LogP contribution in [0.2, 0.25) is 0 Å². The third-order valence-corrected chi connectivity index (χ3v) is 3.47. The topological polar surface area (TPSA) is 30.9 Å². The molecule has 0 N–H and O–H groups in total. The molecule has 4 nitrogen and oxygen atoms in total. The molecule has 0 aliphatic carbocycles. The summed E-state index contributed by atoms with van der Waals surface area (Å²) in [5, 5.41) is 1.73. The van der Waals surface area contributed by atoms with Gasteiger partial charge in [-0.05, 0) is 29.0 Å². The lowest BCUT2D eigenvalue weighted by molar-refractivity contribution is 0.0357. The Morgan fingerprint density at radius 2 is 1.80 bits per heavy atom. The van der Waals surface area contributed by atoms with Gasteiger partial charge in [0.05, 0.1) is 26.9 Å². The summed E-state index contributed by atoms with van der Waals surface area (Å²) >= 11 is 0. The van der Waals surface area contributed by atoms with Crippen molar-refractivity contribution in [1.82, 2.24) is 4.90 Å². The zero-order valence-corrected chi connectivity index (χ0v) is 12.2. The van der Waals surface area contributed by atoms with Gasteiger partial charge in [0.15, 0.2) is 11.5 Å². The highest BCUT2D eigenvalue weighted by atomic mass is 16.5. The van der Waals surface area contributed by atoms with E-state index in [9.17, 15) is 0 Å². The molecule has 4 heteroatoms. The zero-order chi connectivity index (χ0) is 14.4. The maximum Gasteiger partial charge on any atom is 0.161 e. The van der Waals surface area contributed by atoms with Crippen molar-refractivity contribution in [1.29, 1.82) is 0 Å². The summed E-state index contributed by atoms with van der Waals surface area (Å²) in [7, 11) is 1.64. The van der Waals surface area contributed by atoms with E-state index in [0.717, 1.165) is 55.5 Å². The van der Waals surface area contributed by atoms with E-state index in [2.05, 4.69) is 18.1 Å². The van der Waals surface area contributed by atoms with Gasteiger partial charge in [-0.25, -0.2) is 0 Å². The van der Waals surface area contributed by atoms with Crippen LogP contribution >= 0.6 is 0 Å². The predicted octanol–water partition coefficient (Wildman–Crippen LogP) is 0.617.